The van der Waals surface area contributed by atoms with Crippen LogP contribution in [0.25, 0.3) is 11.0 Å². The van der Waals surface area contributed by atoms with Gasteiger partial charge in [0.25, 0.3) is 0 Å². The molecular formula is C14H20ClN5O2. The Morgan fingerprint density at radius 2 is 2.09 bits per heavy atom. The standard InChI is InChI=1S/C14H19N5O2.ClH/c1-5-19-13-10(8-16-19)12(18-17-9(3)4)11(7-15-13)14(20)21-6-2;/h7-8H,5-6H2,1-4H3,(H,15,18);1H. The monoisotopic (exact) mass is 325 g/mol. The number of aryl methyl sites for hydroxylation is 1. The molecule has 0 unspecified atom stereocenters. The zero-order valence-electron chi connectivity index (χ0n) is 13.1. The molecule has 8 heteroatoms. The lowest BCUT2D eigenvalue weighted by Gasteiger charge is -2.09. The van der Waals surface area contributed by atoms with Gasteiger partial charge in [-0.25, -0.2) is 14.5 Å². The summed E-state index contributed by atoms with van der Waals surface area (Å²) in [4.78, 5) is 16.4. The second kappa shape index (κ2) is 7.74. The van der Waals surface area contributed by atoms with Crippen LogP contribution in [0.1, 0.15) is 38.1 Å². The molecular weight excluding hydrogens is 306 g/mol. The van der Waals surface area contributed by atoms with Gasteiger partial charge in [-0.3, -0.25) is 5.43 Å². The minimum Gasteiger partial charge on any atom is -0.462 e. The molecule has 0 atom stereocenters. The Labute approximate surface area is 135 Å². The van der Waals surface area contributed by atoms with E-state index < -0.39 is 5.97 Å². The van der Waals surface area contributed by atoms with Gasteiger partial charge in [0.05, 0.1) is 23.9 Å². The number of pyridine rings is 1. The van der Waals surface area contributed by atoms with Crippen molar-refractivity contribution in [3.8, 4) is 0 Å². The maximum atomic E-state index is 12.1. The number of halogens is 1. The van der Waals surface area contributed by atoms with Gasteiger partial charge in [0.1, 0.15) is 5.56 Å². The van der Waals surface area contributed by atoms with Crippen LogP contribution in [0.5, 0.6) is 0 Å². The highest BCUT2D eigenvalue weighted by molar-refractivity contribution is 6.04. The number of carbonyl (C=O) groups is 1. The summed E-state index contributed by atoms with van der Waals surface area (Å²) in [5.74, 6) is -0.428. The molecule has 7 nitrogen and oxygen atoms in total. The Bertz CT molecular complexity index is 692. The van der Waals surface area contributed by atoms with Crippen LogP contribution in [0.3, 0.4) is 0 Å². The first-order valence-electron chi connectivity index (χ1n) is 6.87. The SMILES string of the molecule is CCOC(=O)c1cnc2c(cnn2CC)c1NN=C(C)C.Cl. The lowest BCUT2D eigenvalue weighted by atomic mass is 10.2. The average Bonchev–Trinajstić information content (AvgIpc) is 2.87. The molecule has 2 aromatic rings. The van der Waals surface area contributed by atoms with Crippen molar-refractivity contribution in [2.75, 3.05) is 12.0 Å². The van der Waals surface area contributed by atoms with Crippen molar-refractivity contribution >= 4 is 40.8 Å². The molecule has 0 aliphatic rings. The third kappa shape index (κ3) is 3.54. The fraction of sp³-hybridized carbons (Fsp3) is 0.429. The van der Waals surface area contributed by atoms with Crippen LogP contribution in [-0.2, 0) is 11.3 Å². The number of hydrogen-bond acceptors (Lipinski definition) is 6. The number of esters is 1. The van der Waals surface area contributed by atoms with Crippen molar-refractivity contribution in [1.82, 2.24) is 14.8 Å². The van der Waals surface area contributed by atoms with Crippen LogP contribution in [0.4, 0.5) is 5.69 Å². The molecule has 120 valence electrons. The Morgan fingerprint density at radius 3 is 2.68 bits per heavy atom. The third-order valence-electron chi connectivity index (χ3n) is 2.85. The van der Waals surface area contributed by atoms with E-state index in [0.717, 1.165) is 11.1 Å². The highest BCUT2D eigenvalue weighted by Gasteiger charge is 2.18. The van der Waals surface area contributed by atoms with E-state index in [4.69, 9.17) is 4.74 Å². The molecule has 0 aromatic carbocycles. The first-order chi connectivity index (χ1) is 10.1. The van der Waals surface area contributed by atoms with Gasteiger partial charge in [-0.1, -0.05) is 0 Å². The number of aromatic nitrogens is 3. The molecule has 0 aliphatic heterocycles. The van der Waals surface area contributed by atoms with Gasteiger partial charge in [-0.05, 0) is 27.7 Å². The van der Waals surface area contributed by atoms with Crippen molar-refractivity contribution in [2.24, 2.45) is 5.10 Å². The number of nitrogens with zero attached hydrogens (tertiary/aromatic N) is 4. The summed E-state index contributed by atoms with van der Waals surface area (Å²) >= 11 is 0. The maximum absolute atomic E-state index is 12.1. The molecule has 2 rings (SSSR count). The van der Waals surface area contributed by atoms with E-state index in [1.807, 2.05) is 20.8 Å². The number of carbonyl (C=O) groups excluding carboxylic acids is 1. The Kier molecular flexibility index (Phi) is 6.30. The van der Waals surface area contributed by atoms with Gasteiger partial charge in [-0.2, -0.15) is 10.2 Å². The molecule has 0 saturated carbocycles. The number of nitrogens with one attached hydrogen (secondary N) is 1. The van der Waals surface area contributed by atoms with E-state index in [1.54, 1.807) is 17.8 Å². The van der Waals surface area contributed by atoms with E-state index in [0.29, 0.717) is 30.0 Å². The van der Waals surface area contributed by atoms with Gasteiger partial charge in [0, 0.05) is 18.5 Å². The fourth-order valence-corrected chi connectivity index (χ4v) is 1.91. The van der Waals surface area contributed by atoms with E-state index in [9.17, 15) is 4.79 Å². The van der Waals surface area contributed by atoms with Crippen LogP contribution < -0.4 is 5.43 Å². The molecule has 0 saturated heterocycles. The number of rotatable bonds is 5. The summed E-state index contributed by atoms with van der Waals surface area (Å²) in [6.45, 7) is 8.48. The molecule has 0 bridgehead atoms. The topological polar surface area (TPSA) is 81.4 Å². The van der Waals surface area contributed by atoms with Gasteiger partial charge in [-0.15, -0.1) is 12.4 Å². The van der Waals surface area contributed by atoms with E-state index in [-0.39, 0.29) is 12.4 Å². The van der Waals surface area contributed by atoms with Crippen molar-refractivity contribution in [2.45, 2.75) is 34.2 Å². The second-order valence-corrected chi connectivity index (χ2v) is 4.64. The highest BCUT2D eigenvalue weighted by Crippen LogP contribution is 2.26. The van der Waals surface area contributed by atoms with Crippen molar-refractivity contribution < 1.29 is 9.53 Å². The number of ether oxygens (including phenoxy) is 1. The Morgan fingerprint density at radius 1 is 1.36 bits per heavy atom. The molecule has 0 fully saturated rings. The first kappa shape index (κ1) is 17.9. The molecule has 0 spiro atoms. The van der Waals surface area contributed by atoms with Gasteiger partial charge < -0.3 is 4.74 Å². The van der Waals surface area contributed by atoms with Crippen LogP contribution >= 0.6 is 12.4 Å². The highest BCUT2D eigenvalue weighted by atomic mass is 35.5. The normalized spacial score (nSPS) is 10.0. The molecule has 0 radical (unpaired) electrons. The fourth-order valence-electron chi connectivity index (χ4n) is 1.91. The Balaban J connectivity index is 0.00000242. The van der Waals surface area contributed by atoms with E-state index >= 15 is 0 Å². The predicted octanol–water partition coefficient (Wildman–Crippen LogP) is 2.86. The summed E-state index contributed by atoms with van der Waals surface area (Å²) in [6.07, 6.45) is 3.18. The molecule has 0 aliphatic carbocycles. The Hall–Kier alpha value is -2.15. The zero-order valence-corrected chi connectivity index (χ0v) is 13.9. The molecule has 2 aromatic heterocycles. The summed E-state index contributed by atoms with van der Waals surface area (Å²) in [5, 5.41) is 9.18. The second-order valence-electron chi connectivity index (χ2n) is 4.64. The van der Waals surface area contributed by atoms with Gasteiger partial charge in [0.2, 0.25) is 0 Å². The molecule has 22 heavy (non-hydrogen) atoms. The van der Waals surface area contributed by atoms with Crippen LogP contribution in [-0.4, -0.2) is 33.1 Å². The van der Waals surface area contributed by atoms with E-state index in [2.05, 4.69) is 20.6 Å². The number of anilines is 1. The van der Waals surface area contributed by atoms with Crippen molar-refractivity contribution in [3.05, 3.63) is 18.0 Å². The summed E-state index contributed by atoms with van der Waals surface area (Å²) in [5.41, 5.74) is 5.40. The molecule has 2 heterocycles. The largest absolute Gasteiger partial charge is 0.462 e. The minimum absolute atomic E-state index is 0. The number of fused-ring (bicyclic) bond motifs is 1. The summed E-state index contributed by atoms with van der Waals surface area (Å²) in [7, 11) is 0. The van der Waals surface area contributed by atoms with Gasteiger partial charge in [0.15, 0.2) is 5.65 Å². The van der Waals surface area contributed by atoms with Crippen LogP contribution in [0.15, 0.2) is 17.5 Å². The lowest BCUT2D eigenvalue weighted by molar-refractivity contribution is 0.0527. The van der Waals surface area contributed by atoms with Crippen LogP contribution in [0, 0.1) is 0 Å². The third-order valence-corrected chi connectivity index (χ3v) is 2.85. The average molecular weight is 326 g/mol. The van der Waals surface area contributed by atoms with Crippen molar-refractivity contribution in [3.63, 3.8) is 0 Å². The summed E-state index contributed by atoms with van der Waals surface area (Å²) < 4.78 is 6.82. The van der Waals surface area contributed by atoms with Gasteiger partial charge >= 0.3 is 5.97 Å². The molecule has 1 N–H and O–H groups in total. The lowest BCUT2D eigenvalue weighted by Crippen LogP contribution is -2.10. The maximum Gasteiger partial charge on any atom is 0.341 e. The smallest absolute Gasteiger partial charge is 0.341 e. The first-order valence-corrected chi connectivity index (χ1v) is 6.87. The van der Waals surface area contributed by atoms with Crippen molar-refractivity contribution in [1.29, 1.82) is 0 Å². The zero-order chi connectivity index (χ0) is 15.4. The summed E-state index contributed by atoms with van der Waals surface area (Å²) in [6, 6.07) is 0. The number of hydrazone groups is 1. The predicted molar refractivity (Wildman–Crippen MR) is 88.8 cm³/mol. The molecule has 0 amide bonds. The van der Waals surface area contributed by atoms with E-state index in [1.165, 1.54) is 6.20 Å². The number of hydrogen-bond donors (Lipinski definition) is 1. The van der Waals surface area contributed by atoms with Crippen LogP contribution in [0.2, 0.25) is 0 Å². The quantitative estimate of drug-likeness (QED) is 0.519. The minimum atomic E-state index is -0.428.